The number of hydrogen-bond donors (Lipinski definition) is 1. The second-order valence-electron chi connectivity index (χ2n) is 5.86. The maximum Gasteiger partial charge on any atom is 0.246 e. The molecule has 0 aliphatic heterocycles. The fourth-order valence-electron chi connectivity index (χ4n) is 1.54. The summed E-state index contributed by atoms with van der Waals surface area (Å²) in [7, 11) is 1.49. The van der Waals surface area contributed by atoms with Crippen molar-refractivity contribution in [1.82, 2.24) is 0 Å². The molecule has 112 valence electrons. The summed E-state index contributed by atoms with van der Waals surface area (Å²) in [5, 5.41) is 11.6. The maximum atomic E-state index is 11.8. The molecule has 0 fully saturated rings. The van der Waals surface area contributed by atoms with Crippen molar-refractivity contribution in [2.45, 2.75) is 27.2 Å². The number of nitrogens with zero attached hydrogens (tertiary/aromatic N) is 2. The van der Waals surface area contributed by atoms with Gasteiger partial charge in [0.2, 0.25) is 5.91 Å². The first-order valence-corrected chi connectivity index (χ1v) is 6.72. The number of rotatable bonds is 5. The van der Waals surface area contributed by atoms with E-state index in [1.165, 1.54) is 7.11 Å². The standard InChI is InChI=1S/C16H21N3O2/c1-16(2,3)7-8-18-11-15(20)19-13-6-5-12(10-17)9-14(13)21-4/h5-6,8-9H,7,11H2,1-4H3,(H,19,20). The number of carbonyl (C=O) groups excluding carboxylic acids is 1. The number of ether oxygens (including phenoxy) is 1. The summed E-state index contributed by atoms with van der Waals surface area (Å²) in [5.41, 5.74) is 1.18. The van der Waals surface area contributed by atoms with Crippen LogP contribution in [0.2, 0.25) is 0 Å². The van der Waals surface area contributed by atoms with Crippen LogP contribution >= 0.6 is 0 Å². The van der Waals surface area contributed by atoms with Crippen molar-refractivity contribution in [1.29, 1.82) is 5.26 Å². The Kier molecular flexibility index (Phi) is 5.92. The highest BCUT2D eigenvalue weighted by Crippen LogP contribution is 2.25. The third-order valence-corrected chi connectivity index (χ3v) is 2.67. The third-order valence-electron chi connectivity index (χ3n) is 2.67. The second-order valence-corrected chi connectivity index (χ2v) is 5.86. The molecule has 0 bridgehead atoms. The maximum absolute atomic E-state index is 11.8. The molecule has 0 saturated carbocycles. The van der Waals surface area contributed by atoms with Crippen molar-refractivity contribution in [3.63, 3.8) is 0 Å². The van der Waals surface area contributed by atoms with Gasteiger partial charge < -0.3 is 10.1 Å². The van der Waals surface area contributed by atoms with Crippen LogP contribution in [0.15, 0.2) is 23.2 Å². The number of nitriles is 1. The molecule has 1 aromatic carbocycles. The van der Waals surface area contributed by atoms with Crippen LogP contribution in [0.3, 0.4) is 0 Å². The first-order chi connectivity index (χ1) is 9.85. The summed E-state index contributed by atoms with van der Waals surface area (Å²) in [6.45, 7) is 6.40. The van der Waals surface area contributed by atoms with Crippen molar-refractivity contribution in [3.8, 4) is 11.8 Å². The average Bonchev–Trinajstić information content (AvgIpc) is 2.43. The number of aliphatic imine (C=N–C) groups is 1. The van der Waals surface area contributed by atoms with E-state index in [9.17, 15) is 4.79 Å². The molecule has 0 unspecified atom stereocenters. The lowest BCUT2D eigenvalue weighted by Gasteiger charge is -2.13. The van der Waals surface area contributed by atoms with Crippen molar-refractivity contribution in [2.24, 2.45) is 10.4 Å². The largest absolute Gasteiger partial charge is 0.495 e. The van der Waals surface area contributed by atoms with Crippen molar-refractivity contribution in [3.05, 3.63) is 23.8 Å². The van der Waals surface area contributed by atoms with Crippen molar-refractivity contribution >= 4 is 17.8 Å². The molecule has 0 aliphatic carbocycles. The summed E-state index contributed by atoms with van der Waals surface area (Å²) in [5.74, 6) is 0.240. The number of amides is 1. The van der Waals surface area contributed by atoms with E-state index in [1.807, 2.05) is 6.07 Å². The molecule has 1 aromatic rings. The topological polar surface area (TPSA) is 74.5 Å². The zero-order chi connectivity index (χ0) is 15.9. The first kappa shape index (κ1) is 16.7. The van der Waals surface area contributed by atoms with Crippen molar-refractivity contribution in [2.75, 3.05) is 19.0 Å². The summed E-state index contributed by atoms with van der Waals surface area (Å²) >= 11 is 0. The quantitative estimate of drug-likeness (QED) is 0.846. The number of anilines is 1. The molecule has 5 heteroatoms. The van der Waals surface area contributed by atoms with Gasteiger partial charge in [-0.3, -0.25) is 9.79 Å². The second kappa shape index (κ2) is 7.44. The molecule has 1 amide bonds. The van der Waals surface area contributed by atoms with Crippen molar-refractivity contribution < 1.29 is 9.53 Å². The smallest absolute Gasteiger partial charge is 0.246 e. The number of benzene rings is 1. The molecule has 0 aliphatic rings. The van der Waals surface area contributed by atoms with Crippen LogP contribution in [0.25, 0.3) is 0 Å². The molecule has 0 saturated heterocycles. The van der Waals surface area contributed by atoms with E-state index < -0.39 is 0 Å². The Balaban J connectivity index is 2.61. The molecular weight excluding hydrogens is 266 g/mol. The van der Waals surface area contributed by atoms with Gasteiger partial charge in [0, 0.05) is 6.07 Å². The number of hydrogen-bond acceptors (Lipinski definition) is 4. The highest BCUT2D eigenvalue weighted by Gasteiger charge is 2.09. The van der Waals surface area contributed by atoms with Gasteiger partial charge in [0.05, 0.1) is 24.4 Å². The van der Waals surface area contributed by atoms with E-state index in [2.05, 4.69) is 31.1 Å². The van der Waals surface area contributed by atoms with Crippen LogP contribution in [-0.4, -0.2) is 25.8 Å². The minimum Gasteiger partial charge on any atom is -0.495 e. The Hall–Kier alpha value is -2.35. The number of nitrogens with one attached hydrogen (secondary N) is 1. The van der Waals surface area contributed by atoms with Gasteiger partial charge in [-0.25, -0.2) is 0 Å². The Morgan fingerprint density at radius 2 is 2.19 bits per heavy atom. The summed E-state index contributed by atoms with van der Waals surface area (Å²) in [6, 6.07) is 6.88. The Labute approximate surface area is 125 Å². The average molecular weight is 287 g/mol. The number of carbonyl (C=O) groups is 1. The van der Waals surface area contributed by atoms with Gasteiger partial charge in [-0.2, -0.15) is 5.26 Å². The molecule has 0 radical (unpaired) electrons. The molecule has 5 nitrogen and oxygen atoms in total. The zero-order valence-electron chi connectivity index (χ0n) is 12.9. The van der Waals surface area contributed by atoms with E-state index in [-0.39, 0.29) is 17.9 Å². The lowest BCUT2D eigenvalue weighted by molar-refractivity contribution is -0.114. The van der Waals surface area contributed by atoms with Crippen LogP contribution in [0.4, 0.5) is 5.69 Å². The normalized spacial score (nSPS) is 11.2. The molecule has 0 atom stereocenters. The number of methoxy groups -OCH3 is 1. The summed E-state index contributed by atoms with van der Waals surface area (Å²) < 4.78 is 5.15. The Morgan fingerprint density at radius 3 is 2.76 bits per heavy atom. The third kappa shape index (κ3) is 6.09. The monoisotopic (exact) mass is 287 g/mol. The highest BCUT2D eigenvalue weighted by atomic mass is 16.5. The van der Waals surface area contributed by atoms with Gasteiger partial charge in [-0.05, 0) is 30.2 Å². The molecule has 1 N–H and O–H groups in total. The highest BCUT2D eigenvalue weighted by molar-refractivity contribution is 5.94. The van der Waals surface area contributed by atoms with Gasteiger partial charge >= 0.3 is 0 Å². The van der Waals surface area contributed by atoms with Crippen LogP contribution in [0.1, 0.15) is 32.8 Å². The zero-order valence-corrected chi connectivity index (χ0v) is 12.9. The Bertz CT molecular complexity index is 566. The molecule has 21 heavy (non-hydrogen) atoms. The fraction of sp³-hybridized carbons (Fsp3) is 0.438. The van der Waals surface area contributed by atoms with Gasteiger partial charge in [0.25, 0.3) is 0 Å². The van der Waals surface area contributed by atoms with Gasteiger partial charge in [0.1, 0.15) is 12.3 Å². The van der Waals surface area contributed by atoms with Crippen LogP contribution < -0.4 is 10.1 Å². The van der Waals surface area contributed by atoms with E-state index in [1.54, 1.807) is 24.4 Å². The predicted molar refractivity (Wildman–Crippen MR) is 83.8 cm³/mol. The fourth-order valence-corrected chi connectivity index (χ4v) is 1.54. The van der Waals surface area contributed by atoms with Crippen LogP contribution in [-0.2, 0) is 4.79 Å². The van der Waals surface area contributed by atoms with E-state index in [0.29, 0.717) is 17.0 Å². The summed E-state index contributed by atoms with van der Waals surface area (Å²) in [6.07, 6.45) is 2.59. The molecule has 0 heterocycles. The SMILES string of the molecule is COc1cc(C#N)ccc1NC(=O)CN=CCC(C)(C)C. The van der Waals surface area contributed by atoms with Gasteiger partial charge in [0.15, 0.2) is 0 Å². The van der Waals surface area contributed by atoms with E-state index in [0.717, 1.165) is 6.42 Å². The first-order valence-electron chi connectivity index (χ1n) is 6.72. The summed E-state index contributed by atoms with van der Waals surface area (Å²) in [4.78, 5) is 15.9. The lowest BCUT2D eigenvalue weighted by Crippen LogP contribution is -2.16. The van der Waals surface area contributed by atoms with Gasteiger partial charge in [-0.15, -0.1) is 0 Å². The van der Waals surface area contributed by atoms with Gasteiger partial charge in [-0.1, -0.05) is 20.8 Å². The van der Waals surface area contributed by atoms with Crippen LogP contribution in [0, 0.1) is 16.7 Å². The molecule has 1 rings (SSSR count). The van der Waals surface area contributed by atoms with E-state index >= 15 is 0 Å². The van der Waals surface area contributed by atoms with E-state index in [4.69, 9.17) is 10.00 Å². The lowest BCUT2D eigenvalue weighted by atomic mass is 9.93. The van der Waals surface area contributed by atoms with Crippen LogP contribution in [0.5, 0.6) is 5.75 Å². The molecule has 0 aromatic heterocycles. The minimum atomic E-state index is -0.219. The minimum absolute atomic E-state index is 0.0687. The Morgan fingerprint density at radius 1 is 1.48 bits per heavy atom. The molecular formula is C16H21N3O2. The molecule has 0 spiro atoms. The predicted octanol–water partition coefficient (Wildman–Crippen LogP) is 3.01.